The van der Waals surface area contributed by atoms with E-state index in [1.165, 1.54) is 0 Å². The molecule has 2 atom stereocenters. The van der Waals surface area contributed by atoms with Crippen LogP contribution in [0, 0.1) is 31.1 Å². The van der Waals surface area contributed by atoms with E-state index in [0.717, 1.165) is 18.5 Å². The van der Waals surface area contributed by atoms with Gasteiger partial charge >= 0.3 is 0 Å². The highest BCUT2D eigenvalue weighted by molar-refractivity contribution is 5.95. The maximum absolute atomic E-state index is 13.1. The number of likely N-dealkylation sites (tertiary alicyclic amines) is 2. The van der Waals surface area contributed by atoms with Gasteiger partial charge in [-0.2, -0.15) is 0 Å². The third-order valence-electron chi connectivity index (χ3n) is 6.82. The number of pyridine rings is 1. The number of ether oxygens (including phenoxy) is 1. The molecular formula is C22H31N3O7. The van der Waals surface area contributed by atoms with E-state index in [1.807, 2.05) is 4.90 Å². The first kappa shape index (κ1) is 23.9. The number of aromatic nitrogens is 1. The van der Waals surface area contributed by atoms with Gasteiger partial charge in [0.1, 0.15) is 5.56 Å². The minimum absolute atomic E-state index is 0.00942. The van der Waals surface area contributed by atoms with Crippen LogP contribution in [0.1, 0.15) is 34.5 Å². The number of amides is 2. The molecule has 0 saturated carbocycles. The van der Waals surface area contributed by atoms with Crippen LogP contribution >= 0.6 is 0 Å². The number of H-pyrrole nitrogens is 1. The Morgan fingerprint density at radius 1 is 1.22 bits per heavy atom. The molecule has 0 radical (unpaired) electrons. The summed E-state index contributed by atoms with van der Waals surface area (Å²) in [6.07, 6.45) is 1.48. The molecule has 3 fully saturated rings. The number of aryl methyl sites for hydroxylation is 2. The Bertz CT molecular complexity index is 925. The summed E-state index contributed by atoms with van der Waals surface area (Å²) < 4.78 is 5.35. The highest BCUT2D eigenvalue weighted by atomic mass is 16.5. The molecule has 176 valence electrons. The number of fused-ring (bicyclic) bond motifs is 1. The van der Waals surface area contributed by atoms with Crippen LogP contribution in [0.4, 0.5) is 0 Å². The maximum Gasteiger partial charge on any atom is 0.290 e. The molecule has 32 heavy (non-hydrogen) atoms. The van der Waals surface area contributed by atoms with Gasteiger partial charge in [-0.1, -0.05) is 0 Å². The lowest BCUT2D eigenvalue weighted by Gasteiger charge is -2.30. The van der Waals surface area contributed by atoms with E-state index in [2.05, 4.69) is 4.98 Å². The second kappa shape index (κ2) is 9.83. The largest absolute Gasteiger partial charge is 0.483 e. The lowest BCUT2D eigenvalue weighted by molar-refractivity contribution is -0.138. The Hall–Kier alpha value is -2.72. The van der Waals surface area contributed by atoms with Crippen LogP contribution < -0.4 is 5.56 Å². The summed E-state index contributed by atoms with van der Waals surface area (Å²) in [5, 5.41) is 17.1. The fraction of sp³-hybridized carbons (Fsp3) is 0.636. The van der Waals surface area contributed by atoms with Gasteiger partial charge < -0.3 is 29.7 Å². The summed E-state index contributed by atoms with van der Waals surface area (Å²) >= 11 is 0. The van der Waals surface area contributed by atoms with Crippen molar-refractivity contribution in [1.82, 2.24) is 14.8 Å². The van der Waals surface area contributed by atoms with E-state index in [4.69, 9.17) is 14.6 Å². The molecule has 3 N–H and O–H groups in total. The van der Waals surface area contributed by atoms with Crippen molar-refractivity contribution >= 4 is 18.3 Å². The summed E-state index contributed by atoms with van der Waals surface area (Å²) in [7, 11) is 0. The Labute approximate surface area is 186 Å². The number of rotatable bonds is 3. The molecule has 10 nitrogen and oxygen atoms in total. The minimum atomic E-state index is -0.512. The molecule has 1 aromatic heterocycles. The van der Waals surface area contributed by atoms with Gasteiger partial charge in [0.05, 0.1) is 6.61 Å². The van der Waals surface area contributed by atoms with Gasteiger partial charge in [0.25, 0.3) is 17.9 Å². The van der Waals surface area contributed by atoms with Crippen LogP contribution in [0.5, 0.6) is 0 Å². The second-order valence-electron chi connectivity index (χ2n) is 8.95. The Morgan fingerprint density at radius 3 is 2.38 bits per heavy atom. The van der Waals surface area contributed by atoms with Crippen molar-refractivity contribution in [3.05, 3.63) is 33.2 Å². The van der Waals surface area contributed by atoms with Crippen LogP contribution in [0.15, 0.2) is 10.9 Å². The third-order valence-corrected chi connectivity index (χ3v) is 6.82. The number of hydrogen-bond acceptors (Lipinski definition) is 6. The molecule has 4 heterocycles. The van der Waals surface area contributed by atoms with E-state index in [0.29, 0.717) is 45.0 Å². The number of carbonyl (C=O) groups excluding carboxylic acids is 2. The highest BCUT2D eigenvalue weighted by Crippen LogP contribution is 2.43. The van der Waals surface area contributed by atoms with Gasteiger partial charge in [-0.15, -0.1) is 0 Å². The van der Waals surface area contributed by atoms with Crippen molar-refractivity contribution in [2.45, 2.75) is 26.7 Å². The van der Waals surface area contributed by atoms with E-state index in [9.17, 15) is 19.5 Å². The normalized spacial score (nSPS) is 25.2. The Balaban J connectivity index is 0.000000913. The molecule has 0 aliphatic carbocycles. The average Bonchev–Trinajstić information content (AvgIpc) is 3.28. The molecule has 0 aromatic carbocycles. The van der Waals surface area contributed by atoms with Gasteiger partial charge in [0.2, 0.25) is 5.91 Å². The van der Waals surface area contributed by atoms with Crippen LogP contribution in [-0.4, -0.2) is 89.3 Å². The number of carbonyl (C=O) groups is 3. The first-order valence-corrected chi connectivity index (χ1v) is 10.8. The number of carboxylic acid groups (broad SMARTS) is 1. The molecule has 3 saturated heterocycles. The van der Waals surface area contributed by atoms with Crippen LogP contribution in [0.3, 0.4) is 0 Å². The molecule has 1 aromatic rings. The zero-order chi connectivity index (χ0) is 23.5. The van der Waals surface area contributed by atoms with E-state index in [-0.39, 0.29) is 47.9 Å². The zero-order valence-corrected chi connectivity index (χ0v) is 18.5. The molecule has 3 aliphatic rings. The maximum atomic E-state index is 13.1. The standard InChI is InChI=1S/C21H29N3O5.CH2O2/c1-13-7-14(2)22-18(26)17(13)20(28)24-9-16-8-23(10-21(16,11-24)12-25)19(27)15-3-5-29-6-4-15;2-1-3/h7,15-16,25H,3-6,8-12H2,1-2H3,(H,22,26);1H,(H,2,3)/t16-,21+;/m1./s1. The van der Waals surface area contributed by atoms with Crippen molar-refractivity contribution in [2.75, 3.05) is 46.0 Å². The number of aliphatic hydroxyl groups is 1. The van der Waals surface area contributed by atoms with Crippen molar-refractivity contribution in [3.8, 4) is 0 Å². The molecule has 2 amide bonds. The predicted octanol–water partition coefficient (Wildman–Crippen LogP) is 0.0120. The van der Waals surface area contributed by atoms with Crippen molar-refractivity contribution in [3.63, 3.8) is 0 Å². The summed E-state index contributed by atoms with van der Waals surface area (Å²) in [5.74, 6) is -0.151. The summed E-state index contributed by atoms with van der Waals surface area (Å²) in [5.41, 5.74) is 0.652. The summed E-state index contributed by atoms with van der Waals surface area (Å²) in [6.45, 7) is 6.26. The van der Waals surface area contributed by atoms with Crippen molar-refractivity contribution in [2.24, 2.45) is 17.3 Å². The molecule has 10 heteroatoms. The second-order valence-corrected chi connectivity index (χ2v) is 8.95. The molecule has 0 bridgehead atoms. The molecule has 4 rings (SSSR count). The van der Waals surface area contributed by atoms with E-state index >= 15 is 0 Å². The smallest absolute Gasteiger partial charge is 0.290 e. The zero-order valence-electron chi connectivity index (χ0n) is 18.5. The van der Waals surface area contributed by atoms with Crippen LogP contribution in [0.2, 0.25) is 0 Å². The molecular weight excluding hydrogens is 418 g/mol. The number of nitrogens with zero attached hydrogens (tertiary/aromatic N) is 2. The monoisotopic (exact) mass is 449 g/mol. The first-order valence-electron chi connectivity index (χ1n) is 10.8. The van der Waals surface area contributed by atoms with Crippen LogP contribution in [0.25, 0.3) is 0 Å². The molecule has 3 aliphatic heterocycles. The van der Waals surface area contributed by atoms with Crippen LogP contribution in [-0.2, 0) is 14.3 Å². The third kappa shape index (κ3) is 4.56. The van der Waals surface area contributed by atoms with Gasteiger partial charge in [-0.05, 0) is 38.3 Å². The molecule has 0 spiro atoms. The van der Waals surface area contributed by atoms with Crippen molar-refractivity contribution in [1.29, 1.82) is 0 Å². The lowest BCUT2D eigenvalue weighted by atomic mass is 9.82. The van der Waals surface area contributed by atoms with Gasteiger partial charge in [-0.3, -0.25) is 19.2 Å². The fourth-order valence-electron chi connectivity index (χ4n) is 5.21. The fourth-order valence-corrected chi connectivity index (χ4v) is 5.21. The SMILES string of the molecule is Cc1cc(C)c(C(=O)N2C[C@H]3CN(C(=O)C4CCOCC4)C[C@@]3(CO)C2)c(=O)[nH]1.O=CO. The van der Waals surface area contributed by atoms with E-state index < -0.39 is 5.41 Å². The van der Waals surface area contributed by atoms with Gasteiger partial charge in [-0.25, -0.2) is 0 Å². The van der Waals surface area contributed by atoms with Gasteiger partial charge in [0.15, 0.2) is 0 Å². The van der Waals surface area contributed by atoms with E-state index in [1.54, 1.807) is 24.8 Å². The number of nitrogens with one attached hydrogen (secondary N) is 1. The molecule has 0 unspecified atom stereocenters. The topological polar surface area (TPSA) is 140 Å². The number of aliphatic hydroxyl groups excluding tert-OH is 1. The quantitative estimate of drug-likeness (QED) is 0.552. The number of aromatic amines is 1. The highest BCUT2D eigenvalue weighted by Gasteiger charge is 2.54. The Morgan fingerprint density at radius 2 is 1.81 bits per heavy atom. The number of hydrogen-bond donors (Lipinski definition) is 3. The van der Waals surface area contributed by atoms with Gasteiger partial charge in [0, 0.05) is 62.3 Å². The summed E-state index contributed by atoms with van der Waals surface area (Å²) in [6, 6.07) is 1.79. The predicted molar refractivity (Wildman–Crippen MR) is 114 cm³/mol. The Kier molecular flexibility index (Phi) is 7.35. The average molecular weight is 450 g/mol. The summed E-state index contributed by atoms with van der Waals surface area (Å²) in [4.78, 5) is 52.9. The lowest BCUT2D eigenvalue weighted by Crippen LogP contribution is -2.43. The minimum Gasteiger partial charge on any atom is -0.483 e. The first-order chi connectivity index (χ1) is 15.3. The van der Waals surface area contributed by atoms with Crippen molar-refractivity contribution < 1.29 is 29.3 Å².